The molecule has 0 aliphatic carbocycles. The summed E-state index contributed by atoms with van der Waals surface area (Å²) in [4.78, 5) is 4.63. The van der Waals surface area contributed by atoms with Crippen molar-refractivity contribution in [3.8, 4) is 5.75 Å². The number of ether oxygens (including phenoxy) is 1. The van der Waals surface area contributed by atoms with Crippen LogP contribution in [0.25, 0.3) is 0 Å². The van der Waals surface area contributed by atoms with Gasteiger partial charge in [0, 0.05) is 29.2 Å². The first-order valence-corrected chi connectivity index (χ1v) is 8.81. The summed E-state index contributed by atoms with van der Waals surface area (Å²) < 4.78 is 6.15. The van der Waals surface area contributed by atoms with Gasteiger partial charge in [0.2, 0.25) is 0 Å². The van der Waals surface area contributed by atoms with Crippen molar-refractivity contribution in [2.75, 3.05) is 11.9 Å². The van der Waals surface area contributed by atoms with E-state index in [1.54, 1.807) is 0 Å². The fourth-order valence-electron chi connectivity index (χ4n) is 4.28. The van der Waals surface area contributed by atoms with Crippen LogP contribution in [0.4, 0.5) is 5.82 Å². The molecular formula is C22H20N2O. The molecule has 0 fully saturated rings. The lowest BCUT2D eigenvalue weighted by Crippen LogP contribution is -2.39. The van der Waals surface area contributed by atoms with E-state index in [1.165, 1.54) is 22.3 Å². The normalized spacial score (nSPS) is 23.5. The number of fused-ring (bicyclic) bond motifs is 4. The van der Waals surface area contributed by atoms with Crippen LogP contribution in [-0.2, 0) is 0 Å². The number of hydrogen-bond acceptors (Lipinski definition) is 3. The van der Waals surface area contributed by atoms with Crippen molar-refractivity contribution in [2.24, 2.45) is 5.92 Å². The molecule has 1 N–H and O–H groups in total. The zero-order chi connectivity index (χ0) is 16.8. The van der Waals surface area contributed by atoms with Crippen LogP contribution in [0, 0.1) is 12.8 Å². The second kappa shape index (κ2) is 5.62. The number of anilines is 1. The summed E-state index contributed by atoms with van der Waals surface area (Å²) in [5.74, 6) is 2.61. The monoisotopic (exact) mass is 328 g/mol. The highest BCUT2D eigenvalue weighted by molar-refractivity contribution is 5.57. The summed E-state index contributed by atoms with van der Waals surface area (Å²) in [6.45, 7) is 2.84. The second-order valence-corrected chi connectivity index (χ2v) is 6.97. The molecule has 3 nitrogen and oxygen atoms in total. The molecule has 3 heteroatoms. The predicted molar refractivity (Wildman–Crippen MR) is 99.0 cm³/mol. The highest BCUT2D eigenvalue weighted by Gasteiger charge is 2.42. The Kier molecular flexibility index (Phi) is 3.27. The van der Waals surface area contributed by atoms with Gasteiger partial charge in [0.25, 0.3) is 0 Å². The van der Waals surface area contributed by atoms with E-state index in [1.807, 2.05) is 12.3 Å². The first kappa shape index (κ1) is 14.5. The fourth-order valence-corrected chi connectivity index (χ4v) is 4.28. The molecule has 3 atom stereocenters. The van der Waals surface area contributed by atoms with E-state index in [-0.39, 0.29) is 12.0 Å². The molecule has 0 spiro atoms. The quantitative estimate of drug-likeness (QED) is 0.703. The summed E-state index contributed by atoms with van der Waals surface area (Å²) in [6, 6.07) is 21.6. The van der Waals surface area contributed by atoms with Crippen molar-refractivity contribution in [2.45, 2.75) is 18.9 Å². The van der Waals surface area contributed by atoms with E-state index < -0.39 is 0 Å². The number of pyridine rings is 1. The average Bonchev–Trinajstić information content (AvgIpc) is 2.67. The van der Waals surface area contributed by atoms with E-state index in [2.05, 4.69) is 71.8 Å². The van der Waals surface area contributed by atoms with E-state index in [0.29, 0.717) is 12.5 Å². The molecule has 2 aliphatic rings. The van der Waals surface area contributed by atoms with Gasteiger partial charge in [-0.25, -0.2) is 4.98 Å². The Morgan fingerprint density at radius 2 is 1.88 bits per heavy atom. The molecular weight excluding hydrogens is 308 g/mol. The lowest BCUT2D eigenvalue weighted by Gasteiger charge is -2.43. The van der Waals surface area contributed by atoms with Crippen LogP contribution in [0.3, 0.4) is 0 Å². The molecule has 2 aliphatic heterocycles. The first-order valence-electron chi connectivity index (χ1n) is 8.81. The predicted octanol–water partition coefficient (Wildman–Crippen LogP) is 4.70. The average molecular weight is 328 g/mol. The third-order valence-corrected chi connectivity index (χ3v) is 5.41. The molecule has 124 valence electrons. The van der Waals surface area contributed by atoms with Gasteiger partial charge in [-0.05, 0) is 24.6 Å². The Labute approximate surface area is 147 Å². The van der Waals surface area contributed by atoms with Gasteiger partial charge in [0.05, 0.1) is 12.6 Å². The Balaban J connectivity index is 1.69. The smallest absolute Gasteiger partial charge is 0.130 e. The number of nitrogens with one attached hydrogen (secondary N) is 1. The molecule has 5 rings (SSSR count). The summed E-state index contributed by atoms with van der Waals surface area (Å²) >= 11 is 0. The number of rotatable bonds is 1. The van der Waals surface area contributed by atoms with Gasteiger partial charge < -0.3 is 10.1 Å². The van der Waals surface area contributed by atoms with Crippen LogP contribution in [-0.4, -0.2) is 11.6 Å². The maximum absolute atomic E-state index is 6.15. The Morgan fingerprint density at radius 1 is 1.00 bits per heavy atom. The molecule has 0 saturated carbocycles. The summed E-state index contributed by atoms with van der Waals surface area (Å²) in [6.07, 6.45) is 1.87. The Morgan fingerprint density at radius 3 is 2.76 bits per heavy atom. The fraction of sp³-hybridized carbons (Fsp3) is 0.227. The van der Waals surface area contributed by atoms with Gasteiger partial charge in [0.1, 0.15) is 11.6 Å². The maximum atomic E-state index is 6.15. The van der Waals surface area contributed by atoms with Crippen LogP contribution in [0.2, 0.25) is 0 Å². The van der Waals surface area contributed by atoms with E-state index in [0.717, 1.165) is 11.6 Å². The molecule has 3 heterocycles. The molecule has 1 aromatic heterocycles. The van der Waals surface area contributed by atoms with Crippen LogP contribution in [0.5, 0.6) is 5.75 Å². The molecule has 0 bridgehead atoms. The lowest BCUT2D eigenvalue weighted by molar-refractivity contribution is 0.183. The second-order valence-electron chi connectivity index (χ2n) is 6.97. The Hall–Kier alpha value is -2.81. The highest BCUT2D eigenvalue weighted by atomic mass is 16.5. The van der Waals surface area contributed by atoms with E-state index in [4.69, 9.17) is 4.74 Å². The molecule has 0 radical (unpaired) electrons. The number of aryl methyl sites for hydroxylation is 1. The lowest BCUT2D eigenvalue weighted by atomic mass is 9.72. The van der Waals surface area contributed by atoms with Crippen LogP contribution in [0.1, 0.15) is 34.2 Å². The number of nitrogens with zero attached hydrogens (tertiary/aromatic N) is 1. The van der Waals surface area contributed by atoms with Gasteiger partial charge >= 0.3 is 0 Å². The molecule has 3 aromatic rings. The minimum Gasteiger partial charge on any atom is -0.493 e. The van der Waals surface area contributed by atoms with E-state index in [9.17, 15) is 0 Å². The Bertz CT molecular complexity index is 922. The third-order valence-electron chi connectivity index (χ3n) is 5.41. The molecule has 0 amide bonds. The van der Waals surface area contributed by atoms with Gasteiger partial charge in [-0.3, -0.25) is 0 Å². The zero-order valence-corrected chi connectivity index (χ0v) is 14.1. The van der Waals surface area contributed by atoms with Gasteiger partial charge in [-0.1, -0.05) is 54.1 Å². The highest BCUT2D eigenvalue weighted by Crippen LogP contribution is 2.50. The van der Waals surface area contributed by atoms with Gasteiger partial charge in [-0.15, -0.1) is 0 Å². The van der Waals surface area contributed by atoms with Crippen molar-refractivity contribution in [1.29, 1.82) is 0 Å². The van der Waals surface area contributed by atoms with Crippen molar-refractivity contribution in [1.82, 2.24) is 4.98 Å². The molecule has 2 aromatic carbocycles. The molecule has 0 unspecified atom stereocenters. The van der Waals surface area contributed by atoms with Crippen LogP contribution in [0.15, 0.2) is 66.9 Å². The first-order chi connectivity index (χ1) is 12.3. The van der Waals surface area contributed by atoms with Gasteiger partial charge in [-0.2, -0.15) is 0 Å². The maximum Gasteiger partial charge on any atom is 0.130 e. The van der Waals surface area contributed by atoms with E-state index >= 15 is 0 Å². The largest absolute Gasteiger partial charge is 0.493 e. The number of benzene rings is 2. The van der Waals surface area contributed by atoms with Crippen molar-refractivity contribution < 1.29 is 4.74 Å². The zero-order valence-electron chi connectivity index (χ0n) is 14.1. The minimum atomic E-state index is 0.219. The van der Waals surface area contributed by atoms with Crippen LogP contribution >= 0.6 is 0 Å². The van der Waals surface area contributed by atoms with Crippen molar-refractivity contribution in [3.05, 3.63) is 89.1 Å². The third kappa shape index (κ3) is 2.30. The van der Waals surface area contributed by atoms with Crippen molar-refractivity contribution in [3.63, 3.8) is 0 Å². The molecule has 25 heavy (non-hydrogen) atoms. The number of aromatic nitrogens is 1. The standard InChI is InChI=1S/C22H20N2O/c1-14-9-10-19-17(12-14)21-18(13-25-19)20(15-6-3-2-4-7-15)16-8-5-11-23-22(16)24-21/h2-12,18,20-21H,13H2,1H3,(H,23,24)/t18-,20+,21+/m0/s1. The summed E-state index contributed by atoms with van der Waals surface area (Å²) in [5, 5.41) is 3.69. The van der Waals surface area contributed by atoms with Crippen molar-refractivity contribution >= 4 is 5.82 Å². The number of hydrogen-bond donors (Lipinski definition) is 1. The van der Waals surface area contributed by atoms with Gasteiger partial charge in [0.15, 0.2) is 0 Å². The summed E-state index contributed by atoms with van der Waals surface area (Å²) in [7, 11) is 0. The minimum absolute atomic E-state index is 0.219. The SMILES string of the molecule is Cc1ccc2c(c1)[C@H]1Nc3ncccc3[C@@H](c3ccccc3)[C@@H]1CO2. The molecule has 0 saturated heterocycles. The topological polar surface area (TPSA) is 34.2 Å². The summed E-state index contributed by atoms with van der Waals surface area (Å²) in [5.41, 5.74) is 5.09. The van der Waals surface area contributed by atoms with Crippen LogP contribution < -0.4 is 10.1 Å².